The Morgan fingerprint density at radius 3 is 2.08 bits per heavy atom. The van der Waals surface area contributed by atoms with Crippen LogP contribution in [0.4, 0.5) is 0 Å². The van der Waals surface area contributed by atoms with Crippen LogP contribution in [0.5, 0.6) is 0 Å². The van der Waals surface area contributed by atoms with E-state index < -0.39 is 0 Å². The first kappa shape index (κ1) is 12.5. The summed E-state index contributed by atoms with van der Waals surface area (Å²) in [5.74, 6) is 0. The third kappa shape index (κ3) is 7.87. The van der Waals surface area contributed by atoms with Gasteiger partial charge in [0, 0.05) is 0 Å². The predicted molar refractivity (Wildman–Crippen MR) is 60.9 cm³/mol. The highest BCUT2D eigenvalue weighted by molar-refractivity contribution is 4.98. The fourth-order valence-electron chi connectivity index (χ4n) is 1.46. The molecule has 0 amide bonds. The first-order chi connectivity index (χ1) is 6.35. The molecule has 0 heteroatoms. The lowest BCUT2D eigenvalue weighted by atomic mass is 10.0. The Balaban J connectivity index is 3.44. The molecule has 0 heterocycles. The lowest BCUT2D eigenvalue weighted by molar-refractivity contribution is 0.646. The van der Waals surface area contributed by atoms with Gasteiger partial charge in [0.05, 0.1) is 0 Å². The molecule has 0 aliphatic carbocycles. The third-order valence-electron chi connectivity index (χ3n) is 2.41. The van der Waals surface area contributed by atoms with E-state index in [0.29, 0.717) is 0 Å². The van der Waals surface area contributed by atoms with Crippen molar-refractivity contribution in [2.45, 2.75) is 65.2 Å². The normalized spacial score (nSPS) is 9.69. The highest BCUT2D eigenvalue weighted by Crippen LogP contribution is 2.14. The van der Waals surface area contributed by atoms with Crippen LogP contribution in [0.3, 0.4) is 0 Å². The second kappa shape index (κ2) is 9.61. The van der Waals surface area contributed by atoms with E-state index in [1.165, 1.54) is 56.9 Å². The fraction of sp³-hybridized carbons (Fsp3) is 0.769. The van der Waals surface area contributed by atoms with Gasteiger partial charge in [-0.1, -0.05) is 46.1 Å². The molecule has 0 spiro atoms. The van der Waals surface area contributed by atoms with Crippen LogP contribution in [0.25, 0.3) is 0 Å². The maximum absolute atomic E-state index is 3.75. The van der Waals surface area contributed by atoms with E-state index in [4.69, 9.17) is 0 Å². The molecule has 0 saturated heterocycles. The molecule has 0 aromatic carbocycles. The zero-order valence-corrected chi connectivity index (χ0v) is 9.36. The predicted octanol–water partition coefficient (Wildman–Crippen LogP) is 4.86. The molecule has 0 bridgehead atoms. The summed E-state index contributed by atoms with van der Waals surface area (Å²) in [6.45, 7) is 8.24. The average Bonchev–Trinajstić information content (AvgIpc) is 2.17. The monoisotopic (exact) mass is 180 g/mol. The molecule has 0 saturated carbocycles. The van der Waals surface area contributed by atoms with Gasteiger partial charge in [-0.05, 0) is 31.3 Å². The molecule has 13 heavy (non-hydrogen) atoms. The number of allylic oxidation sites excluding steroid dienone is 1. The lowest BCUT2D eigenvalue weighted by Crippen LogP contribution is -1.84. The van der Waals surface area contributed by atoms with Gasteiger partial charge in [-0.3, -0.25) is 0 Å². The topological polar surface area (TPSA) is 0 Å². The molecule has 0 rings (SSSR count). The molecule has 0 aromatic rings. The van der Waals surface area contributed by atoms with Crippen LogP contribution in [0.1, 0.15) is 65.2 Å². The maximum Gasteiger partial charge on any atom is -0.0244 e. The van der Waals surface area contributed by atoms with Crippen molar-refractivity contribution in [1.29, 1.82) is 0 Å². The fourth-order valence-corrected chi connectivity index (χ4v) is 1.46. The van der Waals surface area contributed by atoms with Gasteiger partial charge >= 0.3 is 0 Å². The Morgan fingerprint density at radius 1 is 0.923 bits per heavy atom. The number of rotatable bonds is 8. The Morgan fingerprint density at radius 2 is 1.54 bits per heavy atom. The maximum atomic E-state index is 3.75. The van der Waals surface area contributed by atoms with Crippen molar-refractivity contribution >= 4 is 0 Å². The minimum absolute atomic E-state index is 1.21. The van der Waals surface area contributed by atoms with Crippen molar-refractivity contribution in [3.63, 3.8) is 0 Å². The van der Waals surface area contributed by atoms with Crippen LogP contribution < -0.4 is 0 Å². The van der Waals surface area contributed by atoms with Gasteiger partial charge in [-0.2, -0.15) is 0 Å². The molecule has 0 N–H and O–H groups in total. The van der Waals surface area contributed by atoms with Crippen molar-refractivity contribution in [1.82, 2.24) is 0 Å². The van der Waals surface area contributed by atoms with Gasteiger partial charge in [-0.15, -0.1) is 5.73 Å². The van der Waals surface area contributed by atoms with Gasteiger partial charge in [0.2, 0.25) is 0 Å². The zero-order valence-electron chi connectivity index (χ0n) is 9.36. The molecule has 0 unspecified atom stereocenters. The molecule has 0 fully saturated rings. The van der Waals surface area contributed by atoms with Crippen molar-refractivity contribution in [2.75, 3.05) is 0 Å². The van der Waals surface area contributed by atoms with Crippen molar-refractivity contribution < 1.29 is 0 Å². The number of hydrogen-bond acceptors (Lipinski definition) is 0. The molecule has 0 nitrogen and oxygen atoms in total. The van der Waals surface area contributed by atoms with E-state index in [1.54, 1.807) is 0 Å². The van der Waals surface area contributed by atoms with E-state index in [-0.39, 0.29) is 0 Å². The van der Waals surface area contributed by atoms with Crippen LogP contribution >= 0.6 is 0 Å². The lowest BCUT2D eigenvalue weighted by Gasteiger charge is -2.03. The molecule has 0 aromatic heterocycles. The van der Waals surface area contributed by atoms with Crippen molar-refractivity contribution in [3.05, 3.63) is 17.9 Å². The van der Waals surface area contributed by atoms with Crippen molar-refractivity contribution in [3.8, 4) is 0 Å². The summed E-state index contributed by atoms with van der Waals surface area (Å²) < 4.78 is 0. The average molecular weight is 180 g/mol. The molecule has 76 valence electrons. The van der Waals surface area contributed by atoms with Gasteiger partial charge in [0.25, 0.3) is 0 Å². The Hall–Kier alpha value is -0.480. The third-order valence-corrected chi connectivity index (χ3v) is 2.41. The van der Waals surface area contributed by atoms with Crippen molar-refractivity contribution in [2.24, 2.45) is 0 Å². The van der Waals surface area contributed by atoms with Gasteiger partial charge in [0.1, 0.15) is 0 Å². The zero-order chi connectivity index (χ0) is 9.94. The smallest absolute Gasteiger partial charge is 0.0244 e. The second-order valence-electron chi connectivity index (χ2n) is 3.69. The molecular formula is C13H24. The summed E-state index contributed by atoms with van der Waals surface area (Å²) in [6, 6.07) is 0. The minimum Gasteiger partial charge on any atom is -0.130 e. The van der Waals surface area contributed by atoms with Crippen LogP contribution in [-0.4, -0.2) is 0 Å². The summed E-state index contributed by atoms with van der Waals surface area (Å²) in [7, 11) is 0. The second-order valence-corrected chi connectivity index (χ2v) is 3.69. The highest BCUT2D eigenvalue weighted by atomic mass is 14.0. The Labute approximate surface area is 83.7 Å². The summed E-state index contributed by atoms with van der Waals surface area (Å²) in [5.41, 5.74) is 4.52. The van der Waals surface area contributed by atoms with Gasteiger partial charge in [-0.25, -0.2) is 0 Å². The standard InChI is InChI=1S/C13H24/c1-4-7-9-10-12-13(6-3)11-8-5-2/h3-5,7-12H2,1-2H3. The molecule has 0 aliphatic heterocycles. The van der Waals surface area contributed by atoms with Crippen LogP contribution in [0.15, 0.2) is 17.9 Å². The van der Waals surface area contributed by atoms with Crippen LogP contribution in [0, 0.1) is 0 Å². The van der Waals surface area contributed by atoms with Crippen LogP contribution in [0.2, 0.25) is 0 Å². The van der Waals surface area contributed by atoms with E-state index in [0.717, 1.165) is 0 Å². The summed E-state index contributed by atoms with van der Waals surface area (Å²) in [4.78, 5) is 0. The summed E-state index contributed by atoms with van der Waals surface area (Å²) in [5, 5.41) is 0. The number of hydrogen-bond donors (Lipinski definition) is 0. The molecular weight excluding hydrogens is 156 g/mol. The first-order valence-corrected chi connectivity index (χ1v) is 5.72. The van der Waals surface area contributed by atoms with E-state index in [1.807, 2.05) is 0 Å². The molecule has 0 radical (unpaired) electrons. The van der Waals surface area contributed by atoms with Gasteiger partial charge < -0.3 is 0 Å². The minimum atomic E-state index is 1.21. The largest absolute Gasteiger partial charge is 0.130 e. The Kier molecular flexibility index (Phi) is 9.25. The quantitative estimate of drug-likeness (QED) is 0.370. The highest BCUT2D eigenvalue weighted by Gasteiger charge is 1.95. The summed E-state index contributed by atoms with van der Waals surface area (Å²) in [6.07, 6.45) is 10.4. The van der Waals surface area contributed by atoms with Crippen LogP contribution in [-0.2, 0) is 0 Å². The molecule has 0 aliphatic rings. The SMILES string of the molecule is C=C=C(CCCC)CCCCCC. The summed E-state index contributed by atoms with van der Waals surface area (Å²) >= 11 is 0. The van der Waals surface area contributed by atoms with Gasteiger partial charge in [0.15, 0.2) is 0 Å². The van der Waals surface area contributed by atoms with E-state index in [9.17, 15) is 0 Å². The van der Waals surface area contributed by atoms with E-state index >= 15 is 0 Å². The Bertz CT molecular complexity index is 149. The first-order valence-electron chi connectivity index (χ1n) is 5.72. The molecule has 0 atom stereocenters. The number of unbranched alkanes of at least 4 members (excludes halogenated alkanes) is 4. The van der Waals surface area contributed by atoms with E-state index in [2.05, 4.69) is 26.2 Å².